The molecule has 0 aromatic heterocycles. The fourth-order valence-electron chi connectivity index (χ4n) is 1.09. The van der Waals surface area contributed by atoms with Crippen molar-refractivity contribution in [3.8, 4) is 0 Å². The third kappa shape index (κ3) is 2.43. The lowest BCUT2D eigenvalue weighted by Crippen LogP contribution is -2.24. The summed E-state index contributed by atoms with van der Waals surface area (Å²) < 4.78 is 21.9. The molecule has 1 aliphatic rings. The summed E-state index contributed by atoms with van der Waals surface area (Å²) >= 11 is 0. The van der Waals surface area contributed by atoms with Crippen LogP contribution in [0.2, 0.25) is 0 Å². The Balaban J connectivity index is 2.66. The second kappa shape index (κ2) is 3.08. The van der Waals surface area contributed by atoms with Crippen molar-refractivity contribution < 1.29 is 18.6 Å². The lowest BCUT2D eigenvalue weighted by atomic mass is 10.1. The second-order valence-electron chi connectivity index (χ2n) is 2.86. The third-order valence-electron chi connectivity index (χ3n) is 1.89. The molecule has 66 valence electrons. The molecule has 11 heavy (non-hydrogen) atoms. The number of hydrogen-bond donors (Lipinski definition) is 2. The van der Waals surface area contributed by atoms with Gasteiger partial charge in [0.05, 0.1) is 23.7 Å². The number of rotatable bonds is 0. The summed E-state index contributed by atoms with van der Waals surface area (Å²) in [6, 6.07) is 0. The van der Waals surface area contributed by atoms with E-state index in [4.69, 9.17) is 10.2 Å². The highest BCUT2D eigenvalue weighted by atomic mass is 32.2. The molecule has 0 spiro atoms. The maximum absolute atomic E-state index is 10.9. The van der Waals surface area contributed by atoms with Gasteiger partial charge in [-0.15, -0.1) is 0 Å². The monoisotopic (exact) mass is 180 g/mol. The highest BCUT2D eigenvalue weighted by Gasteiger charge is 2.25. The molecule has 1 fully saturated rings. The van der Waals surface area contributed by atoms with E-state index in [1.54, 1.807) is 0 Å². The molecule has 1 heterocycles. The summed E-state index contributed by atoms with van der Waals surface area (Å²) in [6.45, 7) is 0. The first kappa shape index (κ1) is 8.96. The van der Waals surface area contributed by atoms with Gasteiger partial charge < -0.3 is 10.2 Å². The molecule has 5 heteroatoms. The fourth-order valence-corrected chi connectivity index (χ4v) is 2.49. The number of aliphatic hydroxyl groups excluding tert-OH is 2. The van der Waals surface area contributed by atoms with Gasteiger partial charge in [0.1, 0.15) is 0 Å². The van der Waals surface area contributed by atoms with Gasteiger partial charge >= 0.3 is 0 Å². The summed E-state index contributed by atoms with van der Waals surface area (Å²) in [5.41, 5.74) is 0. The highest BCUT2D eigenvalue weighted by Crippen LogP contribution is 2.12. The van der Waals surface area contributed by atoms with Gasteiger partial charge in [-0.2, -0.15) is 0 Å². The van der Waals surface area contributed by atoms with E-state index in [1.807, 2.05) is 0 Å². The van der Waals surface area contributed by atoms with Crippen LogP contribution in [0.5, 0.6) is 0 Å². The van der Waals surface area contributed by atoms with Crippen molar-refractivity contribution in [2.75, 3.05) is 11.5 Å². The average Bonchev–Trinajstić information content (AvgIpc) is 2.03. The number of aliphatic hydroxyl groups is 2. The quantitative estimate of drug-likeness (QED) is 0.497. The topological polar surface area (TPSA) is 74.6 Å². The van der Waals surface area contributed by atoms with Crippen LogP contribution >= 0.6 is 0 Å². The molecule has 0 aliphatic carbocycles. The maximum atomic E-state index is 10.9. The molecule has 0 amide bonds. The molecule has 1 saturated heterocycles. The molecule has 2 atom stereocenters. The third-order valence-corrected chi connectivity index (χ3v) is 3.61. The molecule has 0 radical (unpaired) electrons. The summed E-state index contributed by atoms with van der Waals surface area (Å²) in [5, 5.41) is 18.2. The molecule has 1 rings (SSSR count). The van der Waals surface area contributed by atoms with Gasteiger partial charge in [-0.25, -0.2) is 8.42 Å². The van der Waals surface area contributed by atoms with Crippen molar-refractivity contribution in [2.24, 2.45) is 0 Å². The number of hydrogen-bond acceptors (Lipinski definition) is 4. The van der Waals surface area contributed by atoms with E-state index >= 15 is 0 Å². The van der Waals surface area contributed by atoms with Crippen molar-refractivity contribution in [3.63, 3.8) is 0 Å². The minimum absolute atomic E-state index is 0.00870. The van der Waals surface area contributed by atoms with E-state index in [-0.39, 0.29) is 24.3 Å². The predicted molar refractivity (Wildman–Crippen MR) is 39.9 cm³/mol. The van der Waals surface area contributed by atoms with Gasteiger partial charge in [0.15, 0.2) is 9.84 Å². The van der Waals surface area contributed by atoms with Gasteiger partial charge in [-0.1, -0.05) is 0 Å². The van der Waals surface area contributed by atoms with E-state index in [0.717, 1.165) is 0 Å². The Hall–Kier alpha value is -0.130. The van der Waals surface area contributed by atoms with Crippen LogP contribution in [0.3, 0.4) is 0 Å². The number of sulfone groups is 1. The van der Waals surface area contributed by atoms with Crippen LogP contribution in [0.1, 0.15) is 12.8 Å². The minimum atomic E-state index is -3.01. The van der Waals surface area contributed by atoms with Gasteiger partial charge in [0.25, 0.3) is 0 Å². The Morgan fingerprint density at radius 1 is 1.00 bits per heavy atom. The highest BCUT2D eigenvalue weighted by molar-refractivity contribution is 7.91. The van der Waals surface area contributed by atoms with Crippen molar-refractivity contribution in [2.45, 2.75) is 25.0 Å². The van der Waals surface area contributed by atoms with E-state index in [1.165, 1.54) is 0 Å². The van der Waals surface area contributed by atoms with E-state index in [9.17, 15) is 8.42 Å². The van der Waals surface area contributed by atoms with Crippen molar-refractivity contribution >= 4 is 9.84 Å². The molecular weight excluding hydrogens is 168 g/mol. The lowest BCUT2D eigenvalue weighted by Gasteiger charge is -2.11. The average molecular weight is 180 g/mol. The Morgan fingerprint density at radius 2 is 1.36 bits per heavy atom. The standard InChI is InChI=1S/C6H12O4S/c7-5-1-3-11(9,10)4-2-6(5)8/h5-8H,1-4H2/t5-,6-/m0/s1. The Morgan fingerprint density at radius 3 is 1.73 bits per heavy atom. The minimum Gasteiger partial charge on any atom is -0.390 e. The van der Waals surface area contributed by atoms with Crippen molar-refractivity contribution in [1.82, 2.24) is 0 Å². The first-order valence-electron chi connectivity index (χ1n) is 3.58. The molecule has 0 saturated carbocycles. The summed E-state index contributed by atoms with van der Waals surface area (Å²) in [5.74, 6) is -0.0174. The normalized spacial score (nSPS) is 38.0. The molecule has 2 N–H and O–H groups in total. The first-order valence-corrected chi connectivity index (χ1v) is 5.40. The van der Waals surface area contributed by atoms with Crippen LogP contribution in [-0.2, 0) is 9.84 Å². The van der Waals surface area contributed by atoms with Crippen LogP contribution in [0.4, 0.5) is 0 Å². The van der Waals surface area contributed by atoms with Crippen molar-refractivity contribution in [3.05, 3.63) is 0 Å². The predicted octanol–water partition coefficient (Wildman–Crippen LogP) is -1.08. The Labute approximate surface area is 65.8 Å². The Kier molecular flexibility index (Phi) is 2.51. The molecule has 0 bridgehead atoms. The van der Waals surface area contributed by atoms with E-state index in [2.05, 4.69) is 0 Å². The van der Waals surface area contributed by atoms with E-state index in [0.29, 0.717) is 0 Å². The molecule has 0 unspecified atom stereocenters. The van der Waals surface area contributed by atoms with Crippen LogP contribution < -0.4 is 0 Å². The summed E-state index contributed by atoms with van der Waals surface area (Å²) in [7, 11) is -3.01. The van der Waals surface area contributed by atoms with Gasteiger partial charge in [0.2, 0.25) is 0 Å². The van der Waals surface area contributed by atoms with Crippen LogP contribution in [-0.4, -0.2) is 42.3 Å². The maximum Gasteiger partial charge on any atom is 0.150 e. The molecular formula is C6H12O4S. The van der Waals surface area contributed by atoms with Gasteiger partial charge in [-0.3, -0.25) is 0 Å². The zero-order valence-electron chi connectivity index (χ0n) is 6.10. The van der Waals surface area contributed by atoms with E-state index < -0.39 is 22.0 Å². The van der Waals surface area contributed by atoms with Crippen LogP contribution in [0.25, 0.3) is 0 Å². The lowest BCUT2D eigenvalue weighted by molar-refractivity contribution is 0.0187. The summed E-state index contributed by atoms with van der Waals surface area (Å²) in [6.07, 6.45) is -1.42. The van der Waals surface area contributed by atoms with Crippen LogP contribution in [0.15, 0.2) is 0 Å². The van der Waals surface area contributed by atoms with Gasteiger partial charge in [0, 0.05) is 0 Å². The zero-order chi connectivity index (χ0) is 8.48. The molecule has 0 aromatic rings. The van der Waals surface area contributed by atoms with Crippen LogP contribution in [0, 0.1) is 0 Å². The smallest absolute Gasteiger partial charge is 0.150 e. The largest absolute Gasteiger partial charge is 0.390 e. The zero-order valence-corrected chi connectivity index (χ0v) is 6.92. The first-order chi connectivity index (χ1) is 5.01. The van der Waals surface area contributed by atoms with Gasteiger partial charge in [-0.05, 0) is 12.8 Å². The molecule has 1 aliphatic heterocycles. The second-order valence-corrected chi connectivity index (χ2v) is 5.17. The fraction of sp³-hybridized carbons (Fsp3) is 1.00. The van der Waals surface area contributed by atoms with Crippen molar-refractivity contribution in [1.29, 1.82) is 0 Å². The molecule has 0 aromatic carbocycles. The SMILES string of the molecule is O=S1(=O)CC[C@H](O)[C@@H](O)CC1. The Bertz CT molecular complexity index is 203. The molecule has 4 nitrogen and oxygen atoms in total. The summed E-state index contributed by atoms with van der Waals surface area (Å²) in [4.78, 5) is 0.